The second-order valence-corrected chi connectivity index (χ2v) is 7.40. The molecule has 4 nitrogen and oxygen atoms in total. The molecule has 0 heterocycles. The van der Waals surface area contributed by atoms with Crippen LogP contribution in [0.1, 0.15) is 41.2 Å². The molecule has 0 aliphatic carbocycles. The lowest BCUT2D eigenvalue weighted by molar-refractivity contribution is -0.0441. The van der Waals surface area contributed by atoms with E-state index in [-0.39, 0.29) is 6.61 Å². The highest BCUT2D eigenvalue weighted by atomic mass is 16.5. The predicted molar refractivity (Wildman–Crippen MR) is 109 cm³/mol. The van der Waals surface area contributed by atoms with Crippen LogP contribution in [0.2, 0.25) is 0 Å². The Morgan fingerprint density at radius 2 is 1.48 bits per heavy atom. The smallest absolute Gasteiger partial charge is 0.125 e. The molecular weight excluding hydrogens is 340 g/mol. The summed E-state index contributed by atoms with van der Waals surface area (Å²) in [5.41, 5.74) is 4.51. The molecule has 27 heavy (non-hydrogen) atoms. The van der Waals surface area contributed by atoms with Gasteiger partial charge in [0.25, 0.3) is 0 Å². The van der Waals surface area contributed by atoms with Crippen LogP contribution in [0.3, 0.4) is 0 Å². The van der Waals surface area contributed by atoms with E-state index in [1.165, 1.54) is 0 Å². The molecule has 148 valence electrons. The minimum absolute atomic E-state index is 0.283. The first-order chi connectivity index (χ1) is 12.8. The molecule has 2 aromatic rings. The molecule has 1 unspecified atom stereocenters. The van der Waals surface area contributed by atoms with E-state index >= 15 is 0 Å². The first kappa shape index (κ1) is 21.3. The van der Waals surface area contributed by atoms with E-state index in [2.05, 4.69) is 0 Å². The van der Waals surface area contributed by atoms with Crippen molar-refractivity contribution < 1.29 is 19.3 Å². The monoisotopic (exact) mass is 372 g/mol. The summed E-state index contributed by atoms with van der Waals surface area (Å²) in [5, 5.41) is 10.8. The number of rotatable bonds is 9. The highest BCUT2D eigenvalue weighted by molar-refractivity contribution is 5.58. The van der Waals surface area contributed by atoms with Gasteiger partial charge in [0, 0.05) is 5.56 Å². The topological polar surface area (TPSA) is 47.9 Å². The maximum Gasteiger partial charge on any atom is 0.125 e. The van der Waals surface area contributed by atoms with Gasteiger partial charge in [0.1, 0.15) is 11.5 Å². The highest BCUT2D eigenvalue weighted by Crippen LogP contribution is 2.38. The van der Waals surface area contributed by atoms with Gasteiger partial charge in [-0.1, -0.05) is 30.3 Å². The largest absolute Gasteiger partial charge is 0.496 e. The molecule has 0 fully saturated rings. The van der Waals surface area contributed by atoms with E-state index in [0.29, 0.717) is 19.4 Å². The van der Waals surface area contributed by atoms with Crippen LogP contribution in [-0.2, 0) is 17.8 Å². The third-order valence-corrected chi connectivity index (χ3v) is 5.16. The van der Waals surface area contributed by atoms with E-state index in [4.69, 9.17) is 14.2 Å². The van der Waals surface area contributed by atoms with Gasteiger partial charge in [-0.3, -0.25) is 0 Å². The Balaban J connectivity index is 2.07. The van der Waals surface area contributed by atoms with Crippen molar-refractivity contribution in [1.29, 1.82) is 0 Å². The number of aliphatic hydroxyl groups is 1. The van der Waals surface area contributed by atoms with Crippen LogP contribution in [0, 0.1) is 20.8 Å². The highest BCUT2D eigenvalue weighted by Gasteiger charge is 2.24. The summed E-state index contributed by atoms with van der Waals surface area (Å²) in [6.45, 7) is 8.73. The standard InChI is InChI=1S/C23H32O4/c1-16-17(2)22(26-6)20(18(3)21(16)25-5)12-13-23(4,24)15-27-14-19-10-8-7-9-11-19/h7-11,24H,12-15H2,1-6H3. The summed E-state index contributed by atoms with van der Waals surface area (Å²) < 4.78 is 17.0. The van der Waals surface area contributed by atoms with E-state index < -0.39 is 5.60 Å². The Labute approximate surface area is 163 Å². The molecule has 2 rings (SSSR count). The van der Waals surface area contributed by atoms with Crippen LogP contribution < -0.4 is 9.47 Å². The number of hydrogen-bond acceptors (Lipinski definition) is 4. The Hall–Kier alpha value is -2.04. The van der Waals surface area contributed by atoms with E-state index in [1.54, 1.807) is 14.2 Å². The fraction of sp³-hybridized carbons (Fsp3) is 0.478. The summed E-state index contributed by atoms with van der Waals surface area (Å²) in [6.07, 6.45) is 1.26. The Morgan fingerprint density at radius 1 is 0.889 bits per heavy atom. The molecule has 0 aliphatic heterocycles. The fourth-order valence-electron chi connectivity index (χ4n) is 3.47. The van der Waals surface area contributed by atoms with Gasteiger partial charge in [0.2, 0.25) is 0 Å². The molecule has 1 N–H and O–H groups in total. The van der Waals surface area contributed by atoms with Crippen molar-refractivity contribution >= 4 is 0 Å². The molecule has 0 radical (unpaired) electrons. The van der Waals surface area contributed by atoms with Crippen LogP contribution in [0.4, 0.5) is 0 Å². The van der Waals surface area contributed by atoms with Crippen LogP contribution in [0.25, 0.3) is 0 Å². The van der Waals surface area contributed by atoms with Crippen molar-refractivity contribution in [3.8, 4) is 11.5 Å². The zero-order valence-electron chi connectivity index (χ0n) is 17.4. The SMILES string of the molecule is COc1c(C)c(C)c(OC)c(CCC(C)(O)COCc2ccccc2)c1C. The number of ether oxygens (including phenoxy) is 3. The molecule has 0 aromatic heterocycles. The van der Waals surface area contributed by atoms with Gasteiger partial charge in [-0.25, -0.2) is 0 Å². The summed E-state index contributed by atoms with van der Waals surface area (Å²) in [7, 11) is 3.39. The minimum atomic E-state index is -0.918. The molecule has 0 amide bonds. The normalized spacial score (nSPS) is 13.3. The third-order valence-electron chi connectivity index (χ3n) is 5.16. The fourth-order valence-corrected chi connectivity index (χ4v) is 3.47. The summed E-state index contributed by atoms with van der Waals surface area (Å²) in [5.74, 6) is 1.77. The zero-order chi connectivity index (χ0) is 20.0. The molecule has 0 aliphatic rings. The van der Waals surface area contributed by atoms with Crippen molar-refractivity contribution in [1.82, 2.24) is 0 Å². The van der Waals surface area contributed by atoms with Gasteiger partial charge in [-0.2, -0.15) is 0 Å². The molecule has 0 saturated heterocycles. The van der Waals surface area contributed by atoms with Gasteiger partial charge in [-0.15, -0.1) is 0 Å². The molecule has 1 atom stereocenters. The van der Waals surface area contributed by atoms with Crippen LogP contribution >= 0.6 is 0 Å². The maximum absolute atomic E-state index is 10.8. The van der Waals surface area contributed by atoms with Gasteiger partial charge in [0.05, 0.1) is 33.0 Å². The maximum atomic E-state index is 10.8. The molecule has 0 spiro atoms. The van der Waals surface area contributed by atoms with Crippen LogP contribution in [0.15, 0.2) is 30.3 Å². The van der Waals surface area contributed by atoms with E-state index in [0.717, 1.165) is 39.3 Å². The van der Waals surface area contributed by atoms with Crippen molar-refractivity contribution in [3.05, 3.63) is 58.1 Å². The first-order valence-electron chi connectivity index (χ1n) is 9.35. The third kappa shape index (κ3) is 5.24. The Bertz CT molecular complexity index is 751. The Kier molecular flexibility index (Phi) is 7.28. The number of benzene rings is 2. The van der Waals surface area contributed by atoms with Gasteiger partial charge < -0.3 is 19.3 Å². The lowest BCUT2D eigenvalue weighted by Crippen LogP contribution is -2.31. The summed E-state index contributed by atoms with van der Waals surface area (Å²) in [4.78, 5) is 0. The summed E-state index contributed by atoms with van der Waals surface area (Å²) in [6, 6.07) is 9.99. The van der Waals surface area contributed by atoms with Gasteiger partial charge in [0.15, 0.2) is 0 Å². The second-order valence-electron chi connectivity index (χ2n) is 7.40. The molecule has 0 bridgehead atoms. The quantitative estimate of drug-likeness (QED) is 0.703. The summed E-state index contributed by atoms with van der Waals surface area (Å²) >= 11 is 0. The van der Waals surface area contributed by atoms with E-state index in [1.807, 2.05) is 58.0 Å². The lowest BCUT2D eigenvalue weighted by atomic mass is 9.91. The van der Waals surface area contributed by atoms with Crippen LogP contribution in [0.5, 0.6) is 11.5 Å². The van der Waals surface area contributed by atoms with Crippen molar-refractivity contribution in [2.24, 2.45) is 0 Å². The number of methoxy groups -OCH3 is 2. The first-order valence-corrected chi connectivity index (χ1v) is 9.35. The average molecular weight is 373 g/mol. The minimum Gasteiger partial charge on any atom is -0.496 e. The van der Waals surface area contributed by atoms with Crippen molar-refractivity contribution in [3.63, 3.8) is 0 Å². The van der Waals surface area contributed by atoms with Gasteiger partial charge >= 0.3 is 0 Å². The molecular formula is C23H32O4. The Morgan fingerprint density at radius 3 is 2.07 bits per heavy atom. The zero-order valence-corrected chi connectivity index (χ0v) is 17.4. The second kappa shape index (κ2) is 9.25. The van der Waals surface area contributed by atoms with E-state index in [9.17, 15) is 5.11 Å². The molecule has 4 heteroatoms. The van der Waals surface area contributed by atoms with Crippen LogP contribution in [-0.4, -0.2) is 31.5 Å². The number of hydrogen-bond donors (Lipinski definition) is 1. The van der Waals surface area contributed by atoms with Gasteiger partial charge in [-0.05, 0) is 62.8 Å². The predicted octanol–water partition coefficient (Wildman–Crippen LogP) is 4.53. The molecule has 0 saturated carbocycles. The molecule has 2 aromatic carbocycles. The van der Waals surface area contributed by atoms with Crippen molar-refractivity contribution in [2.45, 2.75) is 52.7 Å². The van der Waals surface area contributed by atoms with Crippen molar-refractivity contribution in [2.75, 3.05) is 20.8 Å². The average Bonchev–Trinajstić information content (AvgIpc) is 2.64. The lowest BCUT2D eigenvalue weighted by Gasteiger charge is -2.26.